The first-order valence-electron chi connectivity index (χ1n) is 6.01. The highest BCUT2D eigenvalue weighted by molar-refractivity contribution is 6.42. The third-order valence-corrected chi connectivity index (χ3v) is 3.60. The molecule has 1 aromatic carbocycles. The van der Waals surface area contributed by atoms with Crippen LogP contribution in [-0.2, 0) is 0 Å². The molecule has 22 heavy (non-hydrogen) atoms. The summed E-state index contributed by atoms with van der Waals surface area (Å²) in [6.07, 6.45) is 1.32. The Morgan fingerprint density at radius 2 is 1.95 bits per heavy atom. The molecule has 0 spiro atoms. The molecule has 0 bridgehead atoms. The number of nitrogens with zero attached hydrogens (tertiary/aromatic N) is 3. The van der Waals surface area contributed by atoms with Crippen molar-refractivity contribution in [2.24, 2.45) is 0 Å². The first-order valence-corrected chi connectivity index (χ1v) is 6.76. The van der Waals surface area contributed by atoms with Crippen molar-refractivity contribution in [1.29, 1.82) is 0 Å². The zero-order chi connectivity index (χ0) is 15.7. The van der Waals surface area contributed by atoms with Crippen molar-refractivity contribution in [2.75, 3.05) is 7.11 Å². The second-order valence-corrected chi connectivity index (χ2v) is 4.99. The van der Waals surface area contributed by atoms with Gasteiger partial charge in [-0.2, -0.15) is 0 Å². The summed E-state index contributed by atoms with van der Waals surface area (Å²) in [7, 11) is 1.46. The average molecular weight is 339 g/mol. The highest BCUT2D eigenvalue weighted by Gasteiger charge is 2.19. The van der Waals surface area contributed by atoms with Gasteiger partial charge in [-0.25, -0.2) is 14.8 Å². The van der Waals surface area contributed by atoms with Crippen molar-refractivity contribution in [3.63, 3.8) is 0 Å². The molecular weight excluding hydrogens is 331 g/mol. The van der Waals surface area contributed by atoms with Crippen LogP contribution in [0.15, 0.2) is 33.8 Å². The molecule has 0 aliphatic rings. The van der Waals surface area contributed by atoms with Crippen LogP contribution in [0.2, 0.25) is 10.0 Å². The van der Waals surface area contributed by atoms with Gasteiger partial charge < -0.3 is 4.74 Å². The largest absolute Gasteiger partial charge is 0.492 e. The zero-order valence-electron chi connectivity index (χ0n) is 11.1. The molecule has 0 fully saturated rings. The predicted octanol–water partition coefficient (Wildman–Crippen LogP) is 2.80. The molecule has 3 aromatic rings. The Balaban J connectivity index is 2.20. The number of rotatable bonds is 3. The van der Waals surface area contributed by atoms with E-state index >= 15 is 0 Å². The van der Waals surface area contributed by atoms with Crippen LogP contribution in [0.3, 0.4) is 0 Å². The summed E-state index contributed by atoms with van der Waals surface area (Å²) in [5, 5.41) is 4.42. The van der Waals surface area contributed by atoms with E-state index in [1.807, 2.05) is 0 Å². The van der Waals surface area contributed by atoms with Gasteiger partial charge in [-0.3, -0.25) is 9.51 Å². The summed E-state index contributed by atoms with van der Waals surface area (Å²) in [4.78, 5) is 21.8. The van der Waals surface area contributed by atoms with E-state index in [0.29, 0.717) is 32.7 Å². The molecule has 0 saturated heterocycles. The summed E-state index contributed by atoms with van der Waals surface area (Å²) < 4.78 is 9.84. The summed E-state index contributed by atoms with van der Waals surface area (Å²) in [6.45, 7) is 0. The van der Waals surface area contributed by atoms with E-state index < -0.39 is 5.76 Å². The van der Waals surface area contributed by atoms with Crippen molar-refractivity contribution < 1.29 is 9.26 Å². The third kappa shape index (κ3) is 2.56. The van der Waals surface area contributed by atoms with Gasteiger partial charge in [-0.15, -0.1) is 0 Å². The van der Waals surface area contributed by atoms with Crippen molar-refractivity contribution in [2.45, 2.75) is 0 Å². The molecule has 2 aromatic heterocycles. The molecule has 1 N–H and O–H groups in total. The quantitative estimate of drug-likeness (QED) is 0.789. The highest BCUT2D eigenvalue weighted by atomic mass is 35.5. The van der Waals surface area contributed by atoms with Gasteiger partial charge in [0.05, 0.1) is 17.2 Å². The van der Waals surface area contributed by atoms with Crippen LogP contribution in [-0.4, -0.2) is 27.2 Å². The van der Waals surface area contributed by atoms with Crippen molar-refractivity contribution in [3.8, 4) is 28.5 Å². The van der Waals surface area contributed by atoms with E-state index in [4.69, 9.17) is 27.9 Å². The Bertz CT molecular complexity index is 891. The van der Waals surface area contributed by atoms with Crippen LogP contribution in [0.1, 0.15) is 0 Å². The fourth-order valence-electron chi connectivity index (χ4n) is 1.92. The van der Waals surface area contributed by atoms with E-state index in [2.05, 4.69) is 24.6 Å². The SMILES string of the molecule is COc1c(-c2ccc(Cl)c(Cl)c2)ncnc1-c1noc(=O)[nH]1. The Morgan fingerprint density at radius 1 is 1.18 bits per heavy atom. The van der Waals surface area contributed by atoms with Gasteiger partial charge >= 0.3 is 5.76 Å². The molecule has 0 aliphatic carbocycles. The fourth-order valence-corrected chi connectivity index (χ4v) is 2.21. The molecule has 7 nitrogen and oxygen atoms in total. The number of aromatic amines is 1. The minimum Gasteiger partial charge on any atom is -0.492 e. The lowest BCUT2D eigenvalue weighted by molar-refractivity contribution is 0.386. The van der Waals surface area contributed by atoms with E-state index in [9.17, 15) is 4.79 Å². The normalized spacial score (nSPS) is 10.7. The van der Waals surface area contributed by atoms with Crippen molar-refractivity contribution >= 4 is 23.2 Å². The lowest BCUT2D eigenvalue weighted by Crippen LogP contribution is -2.00. The van der Waals surface area contributed by atoms with Gasteiger partial charge in [0.2, 0.25) is 5.82 Å². The van der Waals surface area contributed by atoms with E-state index in [0.717, 1.165) is 0 Å². The molecule has 0 aliphatic heterocycles. The molecule has 3 rings (SSSR count). The number of methoxy groups -OCH3 is 1. The molecule has 0 unspecified atom stereocenters. The molecule has 0 saturated carbocycles. The van der Waals surface area contributed by atoms with Gasteiger partial charge in [0.25, 0.3) is 0 Å². The molecule has 9 heteroatoms. The summed E-state index contributed by atoms with van der Waals surface area (Å²) in [5.74, 6) is -0.220. The molecule has 0 radical (unpaired) electrons. The second-order valence-electron chi connectivity index (χ2n) is 4.18. The minimum atomic E-state index is -0.688. The van der Waals surface area contributed by atoms with Crippen LogP contribution in [0.5, 0.6) is 5.75 Å². The Morgan fingerprint density at radius 3 is 2.59 bits per heavy atom. The Kier molecular flexibility index (Phi) is 3.82. The lowest BCUT2D eigenvalue weighted by Gasteiger charge is -2.10. The standard InChI is InChI=1S/C13H8Cl2N4O3/c1-21-11-9(6-2-3-7(14)8(15)4-6)16-5-17-10(11)12-18-13(20)22-19-12/h2-5H,1H3,(H,18,19,20). The summed E-state index contributed by atoms with van der Waals surface area (Å²) in [6, 6.07) is 5.05. The topological polar surface area (TPSA) is 93.9 Å². The lowest BCUT2D eigenvalue weighted by atomic mass is 10.1. The fraction of sp³-hybridized carbons (Fsp3) is 0.0769. The number of nitrogens with one attached hydrogen (secondary N) is 1. The van der Waals surface area contributed by atoms with Crippen LogP contribution in [0, 0.1) is 0 Å². The number of halogens is 2. The van der Waals surface area contributed by atoms with E-state index in [-0.39, 0.29) is 5.82 Å². The summed E-state index contributed by atoms with van der Waals surface area (Å²) in [5.41, 5.74) is 1.46. The summed E-state index contributed by atoms with van der Waals surface area (Å²) >= 11 is 11.9. The average Bonchev–Trinajstić information content (AvgIpc) is 2.95. The van der Waals surface area contributed by atoms with Gasteiger partial charge in [0.15, 0.2) is 11.4 Å². The molecular formula is C13H8Cl2N4O3. The number of hydrogen-bond donors (Lipinski definition) is 1. The molecule has 2 heterocycles. The molecule has 0 amide bonds. The smallest absolute Gasteiger partial charge is 0.439 e. The van der Waals surface area contributed by atoms with Gasteiger partial charge in [0, 0.05) is 5.56 Å². The number of H-pyrrole nitrogens is 1. The number of aromatic nitrogens is 4. The van der Waals surface area contributed by atoms with Gasteiger partial charge in [-0.05, 0) is 12.1 Å². The van der Waals surface area contributed by atoms with Crippen LogP contribution in [0.25, 0.3) is 22.8 Å². The second kappa shape index (κ2) is 5.78. The predicted molar refractivity (Wildman–Crippen MR) is 80.2 cm³/mol. The van der Waals surface area contributed by atoms with Crippen molar-refractivity contribution in [1.82, 2.24) is 20.1 Å². The number of benzene rings is 1. The van der Waals surface area contributed by atoms with Crippen LogP contribution in [0.4, 0.5) is 0 Å². The maximum atomic E-state index is 11.1. The maximum Gasteiger partial charge on any atom is 0.439 e. The minimum absolute atomic E-state index is 0.144. The first-order chi connectivity index (χ1) is 10.6. The maximum absolute atomic E-state index is 11.1. The first kappa shape index (κ1) is 14.6. The Labute approximate surface area is 133 Å². The van der Waals surface area contributed by atoms with Crippen LogP contribution < -0.4 is 10.5 Å². The van der Waals surface area contributed by atoms with E-state index in [1.165, 1.54) is 13.4 Å². The van der Waals surface area contributed by atoms with E-state index in [1.54, 1.807) is 18.2 Å². The number of hydrogen-bond acceptors (Lipinski definition) is 6. The third-order valence-electron chi connectivity index (χ3n) is 2.87. The Hall–Kier alpha value is -2.38. The highest BCUT2D eigenvalue weighted by Crippen LogP contribution is 2.36. The zero-order valence-corrected chi connectivity index (χ0v) is 12.6. The molecule has 0 atom stereocenters. The van der Waals surface area contributed by atoms with Crippen molar-refractivity contribution in [3.05, 3.63) is 45.1 Å². The number of ether oxygens (including phenoxy) is 1. The molecule has 112 valence electrons. The van der Waals surface area contributed by atoms with Crippen LogP contribution >= 0.6 is 23.2 Å². The van der Waals surface area contributed by atoms with Gasteiger partial charge in [0.1, 0.15) is 12.0 Å². The monoisotopic (exact) mass is 338 g/mol. The van der Waals surface area contributed by atoms with Gasteiger partial charge in [-0.1, -0.05) is 34.4 Å².